The molecule has 2 aromatic rings. The molecule has 3 rings (SSSR count). The molecule has 1 aromatic heterocycles. The van der Waals surface area contributed by atoms with Gasteiger partial charge in [0.2, 0.25) is 0 Å². The highest BCUT2D eigenvalue weighted by Gasteiger charge is 2.29. The van der Waals surface area contributed by atoms with Crippen molar-refractivity contribution in [3.63, 3.8) is 0 Å². The van der Waals surface area contributed by atoms with Crippen molar-refractivity contribution in [2.24, 2.45) is 5.92 Å². The number of piperidine rings is 1. The molecule has 0 unspecified atom stereocenters. The van der Waals surface area contributed by atoms with E-state index in [2.05, 4.69) is 14.9 Å². The largest absolute Gasteiger partial charge is 0.381 e. The number of aromatic nitrogens is 2. The number of ether oxygens (including phenoxy) is 1. The van der Waals surface area contributed by atoms with E-state index in [4.69, 9.17) is 4.74 Å². The molecule has 0 radical (unpaired) electrons. The van der Waals surface area contributed by atoms with Crippen LogP contribution in [0.1, 0.15) is 17.7 Å². The molecule has 2 heterocycles. The van der Waals surface area contributed by atoms with Gasteiger partial charge in [-0.3, -0.25) is 4.90 Å². The Hall–Kier alpha value is -1.72. The van der Waals surface area contributed by atoms with Crippen molar-refractivity contribution in [2.75, 3.05) is 20.2 Å². The van der Waals surface area contributed by atoms with E-state index in [1.54, 1.807) is 25.6 Å². The summed E-state index contributed by atoms with van der Waals surface area (Å²) in [7, 11) is 1.77. The Kier molecular flexibility index (Phi) is 4.85. The number of benzene rings is 1. The fraction of sp³-hybridized carbons (Fsp3) is 0.471. The highest BCUT2D eigenvalue weighted by atomic mass is 19.1. The molecule has 4 nitrogen and oxygen atoms in total. The third kappa shape index (κ3) is 3.72. The fourth-order valence-corrected chi connectivity index (χ4v) is 3.31. The lowest BCUT2D eigenvalue weighted by molar-refractivity contribution is -0.00877. The van der Waals surface area contributed by atoms with E-state index < -0.39 is 0 Å². The number of imidazole rings is 1. The molecule has 22 heavy (non-hydrogen) atoms. The molecule has 1 saturated heterocycles. The molecule has 0 amide bonds. The molecule has 0 spiro atoms. The molecule has 0 saturated carbocycles. The van der Waals surface area contributed by atoms with Crippen LogP contribution < -0.4 is 0 Å². The second-order valence-corrected chi connectivity index (χ2v) is 5.97. The van der Waals surface area contributed by atoms with Crippen LogP contribution in [0.3, 0.4) is 0 Å². The van der Waals surface area contributed by atoms with Gasteiger partial charge in [-0.05, 0) is 30.5 Å². The SMILES string of the molecule is CO[C@H]1CCN(Cc2cnc[nH]2)C[C@H]1Cc1cccc(F)c1. The van der Waals surface area contributed by atoms with Crippen molar-refractivity contribution in [3.8, 4) is 0 Å². The van der Waals surface area contributed by atoms with Gasteiger partial charge in [0.25, 0.3) is 0 Å². The molecule has 1 N–H and O–H groups in total. The Morgan fingerprint density at radius 2 is 2.36 bits per heavy atom. The van der Waals surface area contributed by atoms with E-state index in [1.807, 2.05) is 12.3 Å². The Bertz CT molecular complexity index is 587. The van der Waals surface area contributed by atoms with Gasteiger partial charge in [-0.25, -0.2) is 9.37 Å². The fourth-order valence-electron chi connectivity index (χ4n) is 3.31. The lowest BCUT2D eigenvalue weighted by atomic mass is 9.88. The van der Waals surface area contributed by atoms with Crippen molar-refractivity contribution < 1.29 is 9.13 Å². The van der Waals surface area contributed by atoms with E-state index >= 15 is 0 Å². The van der Waals surface area contributed by atoms with Gasteiger partial charge in [0, 0.05) is 44.6 Å². The third-order valence-corrected chi connectivity index (χ3v) is 4.39. The Labute approximate surface area is 130 Å². The van der Waals surface area contributed by atoms with Crippen molar-refractivity contribution >= 4 is 0 Å². The molecular formula is C17H22FN3O. The summed E-state index contributed by atoms with van der Waals surface area (Å²) in [4.78, 5) is 9.62. The van der Waals surface area contributed by atoms with Crippen molar-refractivity contribution in [1.29, 1.82) is 0 Å². The number of halogens is 1. The van der Waals surface area contributed by atoms with Gasteiger partial charge in [-0.1, -0.05) is 12.1 Å². The summed E-state index contributed by atoms with van der Waals surface area (Å²) in [6, 6.07) is 6.88. The average Bonchev–Trinajstić information content (AvgIpc) is 3.01. The summed E-state index contributed by atoms with van der Waals surface area (Å²) in [5.74, 6) is 0.208. The van der Waals surface area contributed by atoms with Crippen LogP contribution in [-0.2, 0) is 17.7 Å². The van der Waals surface area contributed by atoms with Gasteiger partial charge in [0.05, 0.1) is 12.4 Å². The Morgan fingerprint density at radius 1 is 1.45 bits per heavy atom. The molecule has 2 atom stereocenters. The summed E-state index contributed by atoms with van der Waals surface area (Å²) in [6.45, 7) is 2.83. The number of H-pyrrole nitrogens is 1. The topological polar surface area (TPSA) is 41.1 Å². The predicted molar refractivity (Wildman–Crippen MR) is 82.9 cm³/mol. The first-order valence-electron chi connectivity index (χ1n) is 7.71. The minimum absolute atomic E-state index is 0.170. The van der Waals surface area contributed by atoms with Gasteiger partial charge in [-0.15, -0.1) is 0 Å². The first-order chi connectivity index (χ1) is 10.7. The maximum Gasteiger partial charge on any atom is 0.123 e. The summed E-state index contributed by atoms with van der Waals surface area (Å²) in [5, 5.41) is 0. The summed E-state index contributed by atoms with van der Waals surface area (Å²) in [6.07, 6.45) is 5.66. The maximum atomic E-state index is 13.4. The highest BCUT2D eigenvalue weighted by molar-refractivity contribution is 5.17. The van der Waals surface area contributed by atoms with Crippen LogP contribution in [0.25, 0.3) is 0 Å². The standard InChI is InChI=1S/C17H22FN3O/c1-22-17-5-6-21(11-16-9-19-12-20-16)10-14(17)7-13-3-2-4-15(18)8-13/h2-4,8-9,12,14,17H,5-7,10-11H2,1H3,(H,19,20)/t14-,17+/m1/s1. The van der Waals surface area contributed by atoms with Crippen molar-refractivity contribution in [3.05, 3.63) is 53.9 Å². The summed E-state index contributed by atoms with van der Waals surface area (Å²) < 4.78 is 19.0. The second kappa shape index (κ2) is 7.03. The van der Waals surface area contributed by atoms with Crippen LogP contribution in [0.5, 0.6) is 0 Å². The number of nitrogens with one attached hydrogen (secondary N) is 1. The zero-order valence-electron chi connectivity index (χ0n) is 12.8. The number of likely N-dealkylation sites (tertiary alicyclic amines) is 1. The molecular weight excluding hydrogens is 281 g/mol. The minimum Gasteiger partial charge on any atom is -0.381 e. The quantitative estimate of drug-likeness (QED) is 0.923. The first-order valence-corrected chi connectivity index (χ1v) is 7.71. The van der Waals surface area contributed by atoms with Gasteiger partial charge in [0.1, 0.15) is 5.82 Å². The van der Waals surface area contributed by atoms with Crippen LogP contribution in [0.4, 0.5) is 4.39 Å². The summed E-state index contributed by atoms with van der Waals surface area (Å²) >= 11 is 0. The molecule has 1 fully saturated rings. The predicted octanol–water partition coefficient (Wildman–Crippen LogP) is 2.63. The van der Waals surface area contributed by atoms with Crippen LogP contribution in [0.2, 0.25) is 0 Å². The number of nitrogens with zero attached hydrogens (tertiary/aromatic N) is 2. The van der Waals surface area contributed by atoms with E-state index in [0.29, 0.717) is 5.92 Å². The lowest BCUT2D eigenvalue weighted by Crippen LogP contribution is -2.44. The number of methoxy groups -OCH3 is 1. The van der Waals surface area contributed by atoms with Crippen LogP contribution >= 0.6 is 0 Å². The van der Waals surface area contributed by atoms with E-state index in [-0.39, 0.29) is 11.9 Å². The van der Waals surface area contributed by atoms with Gasteiger partial charge in [-0.2, -0.15) is 0 Å². The molecule has 1 aromatic carbocycles. The average molecular weight is 303 g/mol. The first kappa shape index (κ1) is 15.2. The molecule has 1 aliphatic rings. The Morgan fingerprint density at radius 3 is 3.09 bits per heavy atom. The zero-order valence-corrected chi connectivity index (χ0v) is 12.8. The van der Waals surface area contributed by atoms with E-state index in [9.17, 15) is 4.39 Å². The van der Waals surface area contributed by atoms with Crippen LogP contribution in [0.15, 0.2) is 36.8 Å². The third-order valence-electron chi connectivity index (χ3n) is 4.39. The van der Waals surface area contributed by atoms with Crippen LogP contribution in [-0.4, -0.2) is 41.2 Å². The smallest absolute Gasteiger partial charge is 0.123 e. The summed E-state index contributed by atoms with van der Waals surface area (Å²) in [5.41, 5.74) is 2.16. The molecule has 0 aliphatic carbocycles. The van der Waals surface area contributed by atoms with E-state index in [0.717, 1.165) is 43.7 Å². The van der Waals surface area contributed by atoms with Crippen LogP contribution in [0, 0.1) is 11.7 Å². The van der Waals surface area contributed by atoms with Gasteiger partial charge < -0.3 is 9.72 Å². The van der Waals surface area contributed by atoms with Crippen molar-refractivity contribution in [1.82, 2.24) is 14.9 Å². The number of aromatic amines is 1. The molecule has 118 valence electrons. The lowest BCUT2D eigenvalue weighted by Gasteiger charge is -2.37. The Balaban J connectivity index is 1.66. The van der Waals surface area contributed by atoms with E-state index in [1.165, 1.54) is 6.07 Å². The minimum atomic E-state index is -0.170. The van der Waals surface area contributed by atoms with Gasteiger partial charge >= 0.3 is 0 Å². The molecule has 5 heteroatoms. The number of hydrogen-bond donors (Lipinski definition) is 1. The molecule has 0 bridgehead atoms. The highest BCUT2D eigenvalue weighted by Crippen LogP contribution is 2.24. The normalized spacial score (nSPS) is 22.8. The second-order valence-electron chi connectivity index (χ2n) is 5.97. The monoisotopic (exact) mass is 303 g/mol. The maximum absolute atomic E-state index is 13.4. The number of hydrogen-bond acceptors (Lipinski definition) is 3. The number of rotatable bonds is 5. The zero-order chi connectivity index (χ0) is 15.4. The molecule has 1 aliphatic heterocycles. The van der Waals surface area contributed by atoms with Gasteiger partial charge in [0.15, 0.2) is 0 Å². The van der Waals surface area contributed by atoms with Crippen molar-refractivity contribution in [2.45, 2.75) is 25.5 Å².